The molecule has 2 heterocycles. The number of aryl methyl sites for hydroxylation is 1. The molecule has 1 aromatic rings. The Kier molecular flexibility index (Phi) is 5.33. The summed E-state index contributed by atoms with van der Waals surface area (Å²) in [5.74, 6) is 0.624. The molecule has 4 nitrogen and oxygen atoms in total. The zero-order valence-electron chi connectivity index (χ0n) is 11.7. The molecule has 2 rings (SSSR count). The molecule has 1 aromatic heterocycles. The minimum atomic E-state index is 0.174. The van der Waals surface area contributed by atoms with Gasteiger partial charge in [0.15, 0.2) is 0 Å². The maximum atomic E-state index is 5.97. The molecule has 0 N–H and O–H groups in total. The molecule has 0 saturated carbocycles. The third-order valence-electron chi connectivity index (χ3n) is 3.41. The first-order valence-electron chi connectivity index (χ1n) is 7.08. The van der Waals surface area contributed by atoms with Gasteiger partial charge in [-0.15, -0.1) is 11.7 Å². The highest BCUT2D eigenvalue weighted by atomic mass is 16.5. The second-order valence-corrected chi connectivity index (χ2v) is 5.13. The summed E-state index contributed by atoms with van der Waals surface area (Å²) in [6, 6.07) is 3.83. The number of aromatic nitrogens is 2. The van der Waals surface area contributed by atoms with Crippen LogP contribution in [0.5, 0.6) is 5.88 Å². The molecule has 0 radical (unpaired) electrons. The average molecular weight is 261 g/mol. The van der Waals surface area contributed by atoms with Gasteiger partial charge >= 0.3 is 0 Å². The fourth-order valence-corrected chi connectivity index (χ4v) is 2.36. The average Bonchev–Trinajstić information content (AvgIpc) is 2.91. The van der Waals surface area contributed by atoms with E-state index in [0.29, 0.717) is 5.88 Å². The van der Waals surface area contributed by atoms with Gasteiger partial charge in [0.2, 0.25) is 5.88 Å². The van der Waals surface area contributed by atoms with E-state index in [4.69, 9.17) is 4.74 Å². The molecular formula is C15H23N3O. The monoisotopic (exact) mass is 261 g/mol. The Hall–Kier alpha value is -1.42. The quantitative estimate of drug-likeness (QED) is 0.707. The predicted molar refractivity (Wildman–Crippen MR) is 76.3 cm³/mol. The predicted octanol–water partition coefficient (Wildman–Crippen LogP) is 2.59. The lowest BCUT2D eigenvalue weighted by Gasteiger charge is -2.23. The lowest BCUT2D eigenvalue weighted by Crippen LogP contribution is -2.34. The molecule has 0 aliphatic carbocycles. The van der Waals surface area contributed by atoms with Gasteiger partial charge in [-0.1, -0.05) is 6.08 Å². The van der Waals surface area contributed by atoms with Gasteiger partial charge in [0.1, 0.15) is 6.10 Å². The van der Waals surface area contributed by atoms with Crippen LogP contribution in [0.1, 0.15) is 31.4 Å². The number of ether oxygens (including phenoxy) is 1. The normalized spacial score (nSPS) is 17.3. The van der Waals surface area contributed by atoms with Crippen molar-refractivity contribution in [2.24, 2.45) is 0 Å². The van der Waals surface area contributed by atoms with Gasteiger partial charge in [0, 0.05) is 12.6 Å². The number of hydrogen-bond donors (Lipinski definition) is 0. The molecule has 19 heavy (non-hydrogen) atoms. The van der Waals surface area contributed by atoms with E-state index in [2.05, 4.69) is 21.7 Å². The van der Waals surface area contributed by atoms with Gasteiger partial charge in [0.25, 0.3) is 0 Å². The van der Waals surface area contributed by atoms with Crippen molar-refractivity contribution >= 4 is 0 Å². The van der Waals surface area contributed by atoms with Gasteiger partial charge in [-0.05, 0) is 51.8 Å². The van der Waals surface area contributed by atoms with Crippen molar-refractivity contribution in [3.63, 3.8) is 0 Å². The Morgan fingerprint density at radius 2 is 2.16 bits per heavy atom. The molecule has 0 spiro atoms. The molecular weight excluding hydrogens is 238 g/mol. The van der Waals surface area contributed by atoms with Crippen LogP contribution in [0.15, 0.2) is 24.8 Å². The number of hydrogen-bond acceptors (Lipinski definition) is 4. The van der Waals surface area contributed by atoms with E-state index in [1.165, 1.54) is 25.9 Å². The molecule has 0 bridgehead atoms. The summed E-state index contributed by atoms with van der Waals surface area (Å²) in [6.07, 6.45) is 6.68. The summed E-state index contributed by atoms with van der Waals surface area (Å²) < 4.78 is 5.97. The minimum Gasteiger partial charge on any atom is -0.472 e. The van der Waals surface area contributed by atoms with Gasteiger partial charge in [-0.2, -0.15) is 5.10 Å². The van der Waals surface area contributed by atoms with E-state index in [1.54, 1.807) is 0 Å². The Labute approximate surface area is 115 Å². The maximum Gasteiger partial charge on any atom is 0.233 e. The van der Waals surface area contributed by atoms with Crippen LogP contribution in [0.4, 0.5) is 0 Å². The summed E-state index contributed by atoms with van der Waals surface area (Å²) in [5.41, 5.74) is 0.912. The molecule has 1 aliphatic rings. The van der Waals surface area contributed by atoms with Crippen LogP contribution in [0.3, 0.4) is 0 Å². The molecule has 1 fully saturated rings. The van der Waals surface area contributed by atoms with Gasteiger partial charge in [-0.25, -0.2) is 0 Å². The second-order valence-electron chi connectivity index (χ2n) is 5.13. The first-order valence-corrected chi connectivity index (χ1v) is 7.08. The van der Waals surface area contributed by atoms with Crippen LogP contribution in [-0.4, -0.2) is 40.8 Å². The number of rotatable bonds is 7. The third kappa shape index (κ3) is 4.63. The third-order valence-corrected chi connectivity index (χ3v) is 3.41. The second kappa shape index (κ2) is 7.24. The molecule has 104 valence electrons. The first kappa shape index (κ1) is 14.0. The van der Waals surface area contributed by atoms with Crippen molar-refractivity contribution in [1.82, 2.24) is 15.1 Å². The van der Waals surface area contributed by atoms with Crippen molar-refractivity contribution in [1.29, 1.82) is 0 Å². The van der Waals surface area contributed by atoms with E-state index in [9.17, 15) is 0 Å². The molecule has 1 saturated heterocycles. The van der Waals surface area contributed by atoms with Crippen molar-refractivity contribution in [2.45, 2.75) is 38.7 Å². The lowest BCUT2D eigenvalue weighted by molar-refractivity contribution is 0.133. The van der Waals surface area contributed by atoms with Crippen LogP contribution in [0, 0.1) is 6.92 Å². The van der Waals surface area contributed by atoms with Gasteiger partial charge in [-0.3, -0.25) is 4.90 Å². The Morgan fingerprint density at radius 1 is 1.37 bits per heavy atom. The van der Waals surface area contributed by atoms with Gasteiger partial charge < -0.3 is 4.74 Å². The summed E-state index contributed by atoms with van der Waals surface area (Å²) >= 11 is 0. The minimum absolute atomic E-state index is 0.174. The summed E-state index contributed by atoms with van der Waals surface area (Å²) in [6.45, 7) is 9.06. The van der Waals surface area contributed by atoms with E-state index in [-0.39, 0.29) is 6.10 Å². The highest BCUT2D eigenvalue weighted by molar-refractivity contribution is 5.10. The molecule has 4 heteroatoms. The Bertz CT molecular complexity index is 385. The van der Waals surface area contributed by atoms with Crippen LogP contribution in [0.2, 0.25) is 0 Å². The Balaban J connectivity index is 1.91. The summed E-state index contributed by atoms with van der Waals surface area (Å²) in [5, 5.41) is 8.12. The van der Waals surface area contributed by atoms with Gasteiger partial charge in [0.05, 0.1) is 5.69 Å². The van der Waals surface area contributed by atoms with Crippen LogP contribution in [-0.2, 0) is 0 Å². The molecule has 0 aromatic carbocycles. The van der Waals surface area contributed by atoms with Crippen LogP contribution < -0.4 is 4.74 Å². The Morgan fingerprint density at radius 3 is 2.79 bits per heavy atom. The number of nitrogens with zero attached hydrogens (tertiary/aromatic N) is 3. The largest absolute Gasteiger partial charge is 0.472 e. The van der Waals surface area contributed by atoms with E-state index < -0.39 is 0 Å². The van der Waals surface area contributed by atoms with Crippen molar-refractivity contribution in [2.75, 3.05) is 19.6 Å². The van der Waals surface area contributed by atoms with Crippen molar-refractivity contribution < 1.29 is 4.74 Å². The molecule has 0 amide bonds. The SMILES string of the molecule is C=CCCC(CN1CCCC1)Oc1ccc(C)nn1. The molecule has 1 aliphatic heterocycles. The highest BCUT2D eigenvalue weighted by Gasteiger charge is 2.18. The fourth-order valence-electron chi connectivity index (χ4n) is 2.36. The zero-order chi connectivity index (χ0) is 13.5. The number of likely N-dealkylation sites (tertiary alicyclic amines) is 1. The van der Waals surface area contributed by atoms with Crippen molar-refractivity contribution in [3.8, 4) is 5.88 Å². The van der Waals surface area contributed by atoms with Crippen LogP contribution in [0.25, 0.3) is 0 Å². The maximum absolute atomic E-state index is 5.97. The lowest BCUT2D eigenvalue weighted by atomic mass is 10.2. The highest BCUT2D eigenvalue weighted by Crippen LogP contribution is 2.15. The zero-order valence-corrected chi connectivity index (χ0v) is 11.7. The fraction of sp³-hybridized carbons (Fsp3) is 0.600. The van der Waals surface area contributed by atoms with Crippen molar-refractivity contribution in [3.05, 3.63) is 30.5 Å². The molecule has 1 unspecified atom stereocenters. The molecule has 1 atom stereocenters. The summed E-state index contributed by atoms with van der Waals surface area (Å²) in [4.78, 5) is 2.47. The number of allylic oxidation sites excluding steroid dienone is 1. The van der Waals surface area contributed by atoms with E-state index >= 15 is 0 Å². The van der Waals surface area contributed by atoms with Crippen LogP contribution >= 0.6 is 0 Å². The summed E-state index contributed by atoms with van der Waals surface area (Å²) in [7, 11) is 0. The topological polar surface area (TPSA) is 38.2 Å². The standard InChI is InChI=1S/C15H23N3O/c1-3-4-7-14(12-18-10-5-6-11-18)19-15-9-8-13(2)16-17-15/h3,8-9,14H,1,4-7,10-12H2,2H3. The van der Waals surface area contributed by atoms with E-state index in [1.807, 2.05) is 25.1 Å². The van der Waals surface area contributed by atoms with E-state index in [0.717, 1.165) is 25.1 Å². The first-order chi connectivity index (χ1) is 9.28. The smallest absolute Gasteiger partial charge is 0.233 e.